The van der Waals surface area contributed by atoms with Crippen molar-refractivity contribution < 1.29 is 17.9 Å². The number of benzene rings is 1. The Bertz CT molecular complexity index is 801. The van der Waals surface area contributed by atoms with E-state index in [0.717, 1.165) is 16.0 Å². The second kappa shape index (κ2) is 9.48. The maximum atomic E-state index is 13.1. The average molecular weight is 397 g/mol. The zero-order valence-electron chi connectivity index (χ0n) is 16.5. The molecule has 28 heavy (non-hydrogen) atoms. The van der Waals surface area contributed by atoms with Crippen LogP contribution in [-0.2, 0) is 19.8 Å². The number of alkyl halides is 3. The van der Waals surface area contributed by atoms with Gasteiger partial charge in [-0.3, -0.25) is 4.68 Å². The number of rotatable bonds is 7. The number of nitrogens with one attached hydrogen (secondary N) is 1. The molecule has 1 heterocycles. The molecule has 0 radical (unpaired) electrons. The first-order chi connectivity index (χ1) is 13.2. The van der Waals surface area contributed by atoms with Crippen LogP contribution >= 0.6 is 0 Å². The van der Waals surface area contributed by atoms with Gasteiger partial charge in [0.1, 0.15) is 12.4 Å². The fraction of sp³-hybridized carbons (Fsp3) is 0.474. The van der Waals surface area contributed by atoms with Crippen LogP contribution in [0.4, 0.5) is 13.2 Å². The van der Waals surface area contributed by atoms with E-state index in [1.54, 1.807) is 0 Å². The monoisotopic (exact) mass is 397 g/mol. The molecule has 154 valence electrons. The third kappa shape index (κ3) is 5.90. The van der Waals surface area contributed by atoms with Gasteiger partial charge in [0.25, 0.3) is 0 Å². The Kier molecular flexibility index (Phi) is 7.31. The van der Waals surface area contributed by atoms with E-state index in [9.17, 15) is 13.2 Å². The third-order valence-electron chi connectivity index (χ3n) is 4.05. The van der Waals surface area contributed by atoms with Gasteiger partial charge in [-0.25, -0.2) is 4.99 Å². The number of nitrogens with zero attached hydrogens (tertiary/aromatic N) is 4. The Balaban J connectivity index is 2.02. The van der Waals surface area contributed by atoms with Gasteiger partial charge in [-0.05, 0) is 25.5 Å². The lowest BCUT2D eigenvalue weighted by Gasteiger charge is -2.22. The number of aromatic nitrogens is 2. The van der Waals surface area contributed by atoms with E-state index in [0.29, 0.717) is 25.7 Å². The molecular weight excluding hydrogens is 371 g/mol. The van der Waals surface area contributed by atoms with Gasteiger partial charge in [-0.15, -0.1) is 0 Å². The minimum Gasteiger partial charge on any atom is -0.491 e. The number of hydrogen-bond donors (Lipinski definition) is 1. The van der Waals surface area contributed by atoms with Crippen molar-refractivity contribution in [2.24, 2.45) is 12.0 Å². The highest BCUT2D eigenvalue weighted by atomic mass is 19.4. The number of aryl methyl sites for hydroxylation is 2. The Morgan fingerprint density at radius 1 is 1.32 bits per heavy atom. The zero-order valence-corrected chi connectivity index (χ0v) is 16.5. The summed E-state index contributed by atoms with van der Waals surface area (Å²) in [6, 6.07) is 7.72. The summed E-state index contributed by atoms with van der Waals surface area (Å²) >= 11 is 0. The van der Waals surface area contributed by atoms with Crippen molar-refractivity contribution in [3.8, 4) is 5.75 Å². The summed E-state index contributed by atoms with van der Waals surface area (Å²) < 4.78 is 46.2. The molecule has 1 N–H and O–H groups in total. The van der Waals surface area contributed by atoms with Crippen LogP contribution in [0.5, 0.6) is 5.75 Å². The fourth-order valence-corrected chi connectivity index (χ4v) is 2.64. The number of para-hydroxylation sites is 1. The van der Waals surface area contributed by atoms with Gasteiger partial charge in [-0.1, -0.05) is 18.2 Å². The average Bonchev–Trinajstić information content (AvgIpc) is 3.01. The van der Waals surface area contributed by atoms with Gasteiger partial charge in [0.2, 0.25) is 0 Å². The Morgan fingerprint density at radius 3 is 2.68 bits per heavy atom. The van der Waals surface area contributed by atoms with Gasteiger partial charge < -0.3 is 15.0 Å². The van der Waals surface area contributed by atoms with Crippen LogP contribution < -0.4 is 10.1 Å². The minimum atomic E-state index is -4.50. The lowest BCUT2D eigenvalue weighted by molar-refractivity contribution is -0.142. The molecule has 0 amide bonds. The first kappa shape index (κ1) is 21.6. The SMILES string of the molecule is CCNC(=NCc1cn(C)nc1C(F)(F)F)N(C)CCOc1ccccc1C. The lowest BCUT2D eigenvalue weighted by Crippen LogP contribution is -2.40. The van der Waals surface area contributed by atoms with Gasteiger partial charge in [0, 0.05) is 32.4 Å². The molecule has 0 saturated carbocycles. The summed E-state index contributed by atoms with van der Waals surface area (Å²) in [5.41, 5.74) is 0.178. The van der Waals surface area contributed by atoms with E-state index in [2.05, 4.69) is 15.4 Å². The van der Waals surface area contributed by atoms with Crippen molar-refractivity contribution in [2.45, 2.75) is 26.6 Å². The third-order valence-corrected chi connectivity index (χ3v) is 4.05. The quantitative estimate of drug-likeness (QED) is 0.576. The molecule has 2 aromatic rings. The maximum absolute atomic E-state index is 13.1. The van der Waals surface area contributed by atoms with E-state index in [1.807, 2.05) is 50.1 Å². The molecule has 2 rings (SSSR count). The van der Waals surface area contributed by atoms with Gasteiger partial charge in [0.15, 0.2) is 11.7 Å². The summed E-state index contributed by atoms with van der Waals surface area (Å²) in [5.74, 6) is 1.32. The van der Waals surface area contributed by atoms with Crippen molar-refractivity contribution in [3.63, 3.8) is 0 Å². The van der Waals surface area contributed by atoms with E-state index in [1.165, 1.54) is 13.2 Å². The smallest absolute Gasteiger partial charge is 0.435 e. The number of guanidine groups is 1. The van der Waals surface area contributed by atoms with Gasteiger partial charge in [0.05, 0.1) is 13.1 Å². The number of halogens is 3. The van der Waals surface area contributed by atoms with Gasteiger partial charge >= 0.3 is 6.18 Å². The highest BCUT2D eigenvalue weighted by molar-refractivity contribution is 5.79. The standard InChI is InChI=1S/C19H26F3N5O/c1-5-23-18(24-12-15-13-27(4)25-17(15)19(20,21)22)26(3)10-11-28-16-9-7-6-8-14(16)2/h6-9,13H,5,10-12H2,1-4H3,(H,23,24). The molecule has 0 aliphatic carbocycles. The second-order valence-electron chi connectivity index (χ2n) is 6.38. The number of ether oxygens (including phenoxy) is 1. The van der Waals surface area contributed by atoms with Gasteiger partial charge in [-0.2, -0.15) is 18.3 Å². The molecule has 9 heteroatoms. The van der Waals surface area contributed by atoms with Crippen LogP contribution in [-0.4, -0.2) is 47.4 Å². The topological polar surface area (TPSA) is 54.7 Å². The van der Waals surface area contributed by atoms with Crippen LogP contribution in [0.1, 0.15) is 23.7 Å². The highest BCUT2D eigenvalue weighted by Crippen LogP contribution is 2.30. The molecule has 0 atom stereocenters. The molecule has 6 nitrogen and oxygen atoms in total. The molecule has 0 spiro atoms. The van der Waals surface area contributed by atoms with E-state index >= 15 is 0 Å². The second-order valence-corrected chi connectivity index (χ2v) is 6.38. The van der Waals surface area contributed by atoms with E-state index < -0.39 is 11.9 Å². The Hall–Kier alpha value is -2.71. The van der Waals surface area contributed by atoms with Crippen molar-refractivity contribution in [2.75, 3.05) is 26.7 Å². The maximum Gasteiger partial charge on any atom is 0.435 e. The molecule has 0 fully saturated rings. The van der Waals surface area contributed by atoms with Crippen molar-refractivity contribution in [1.82, 2.24) is 20.0 Å². The van der Waals surface area contributed by atoms with Crippen LogP contribution in [0.15, 0.2) is 35.5 Å². The summed E-state index contributed by atoms with van der Waals surface area (Å²) in [6.07, 6.45) is -3.16. The van der Waals surface area contributed by atoms with Crippen molar-refractivity contribution in [3.05, 3.63) is 47.3 Å². The molecule has 0 aliphatic heterocycles. The number of likely N-dealkylation sites (N-methyl/N-ethyl adjacent to an activating group) is 1. The van der Waals surface area contributed by atoms with Crippen LogP contribution in [0.25, 0.3) is 0 Å². The summed E-state index contributed by atoms with van der Waals surface area (Å²) in [4.78, 5) is 6.16. The molecule has 0 bridgehead atoms. The summed E-state index contributed by atoms with van der Waals surface area (Å²) in [7, 11) is 3.28. The van der Waals surface area contributed by atoms with Crippen molar-refractivity contribution >= 4 is 5.96 Å². The number of aliphatic imine (C=N–C) groups is 1. The molecule has 0 aliphatic rings. The van der Waals surface area contributed by atoms with Crippen LogP contribution in [0, 0.1) is 6.92 Å². The largest absolute Gasteiger partial charge is 0.491 e. The predicted octanol–water partition coefficient (Wildman–Crippen LogP) is 3.22. The Morgan fingerprint density at radius 2 is 2.04 bits per heavy atom. The molecular formula is C19H26F3N5O. The Labute approximate surface area is 163 Å². The first-order valence-corrected chi connectivity index (χ1v) is 9.00. The molecule has 0 unspecified atom stereocenters. The summed E-state index contributed by atoms with van der Waals surface area (Å²) in [5, 5.41) is 6.60. The molecule has 1 aromatic carbocycles. The number of hydrogen-bond acceptors (Lipinski definition) is 3. The predicted molar refractivity (Wildman–Crippen MR) is 102 cm³/mol. The van der Waals surface area contributed by atoms with Crippen LogP contribution in [0.3, 0.4) is 0 Å². The van der Waals surface area contributed by atoms with E-state index in [-0.39, 0.29) is 12.1 Å². The first-order valence-electron chi connectivity index (χ1n) is 9.00. The minimum absolute atomic E-state index is 0.0370. The van der Waals surface area contributed by atoms with E-state index in [4.69, 9.17) is 4.74 Å². The highest BCUT2D eigenvalue weighted by Gasteiger charge is 2.36. The molecule has 0 saturated heterocycles. The molecule has 1 aromatic heterocycles. The fourth-order valence-electron chi connectivity index (χ4n) is 2.64. The van der Waals surface area contributed by atoms with Crippen molar-refractivity contribution in [1.29, 1.82) is 0 Å². The zero-order chi connectivity index (χ0) is 20.7. The van der Waals surface area contributed by atoms with Crippen LogP contribution in [0.2, 0.25) is 0 Å². The summed E-state index contributed by atoms with van der Waals surface area (Å²) in [6.45, 7) is 5.30. The normalized spacial score (nSPS) is 12.2. The lowest BCUT2D eigenvalue weighted by atomic mass is 10.2.